The molecule has 1 aliphatic rings. The summed E-state index contributed by atoms with van der Waals surface area (Å²) in [4.78, 5) is 0. The predicted molar refractivity (Wildman–Crippen MR) is 112 cm³/mol. The van der Waals surface area contributed by atoms with Crippen molar-refractivity contribution in [2.24, 2.45) is 5.92 Å². The summed E-state index contributed by atoms with van der Waals surface area (Å²) in [6, 6.07) is 0. The summed E-state index contributed by atoms with van der Waals surface area (Å²) < 4.78 is 2.59. The van der Waals surface area contributed by atoms with Gasteiger partial charge in [-0.05, 0) is 12.8 Å². The molecule has 1 rings (SSSR count). The topological polar surface area (TPSA) is 18.5 Å². The van der Waals surface area contributed by atoms with Crippen LogP contribution in [0, 0.1) is 5.92 Å². The molecule has 1 fully saturated rings. The molecule has 0 spiro atoms. The number of alkyl halides is 9. The van der Waals surface area contributed by atoms with Gasteiger partial charge < -0.3 is 9.47 Å². The molecule has 11 heteroatoms. The highest BCUT2D eigenvalue weighted by molar-refractivity contribution is 6.80. The lowest BCUT2D eigenvalue weighted by Gasteiger charge is -2.47. The summed E-state index contributed by atoms with van der Waals surface area (Å²) in [7, 11) is 0. The van der Waals surface area contributed by atoms with Crippen LogP contribution < -0.4 is 0 Å². The SMILES string of the molecule is CCCCC(COC1CCCO1)C(Cl)(Cl)C(Cl)(Cl)C(Cl)(Cl)C(Cl)(Cl)Cl. The van der Waals surface area contributed by atoms with E-state index in [1.54, 1.807) is 0 Å². The van der Waals surface area contributed by atoms with Crippen LogP contribution in [0.4, 0.5) is 0 Å². The number of rotatable bonds is 9. The lowest BCUT2D eigenvalue weighted by molar-refractivity contribution is -0.122. The molecule has 0 aliphatic carbocycles. The van der Waals surface area contributed by atoms with Crippen molar-refractivity contribution in [2.75, 3.05) is 13.2 Å². The van der Waals surface area contributed by atoms with E-state index >= 15 is 0 Å². The average molecular weight is 538 g/mol. The molecule has 25 heavy (non-hydrogen) atoms. The molecule has 0 bridgehead atoms. The van der Waals surface area contributed by atoms with E-state index in [0.29, 0.717) is 13.0 Å². The van der Waals surface area contributed by atoms with Gasteiger partial charge in [0.2, 0.25) is 3.79 Å². The Morgan fingerprint density at radius 3 is 2.04 bits per heavy atom. The molecule has 1 saturated heterocycles. The molecule has 0 amide bonds. The van der Waals surface area contributed by atoms with Crippen LogP contribution in [0.15, 0.2) is 0 Å². The van der Waals surface area contributed by atoms with Crippen molar-refractivity contribution in [3.8, 4) is 0 Å². The molecule has 2 unspecified atom stereocenters. The van der Waals surface area contributed by atoms with Gasteiger partial charge in [-0.15, -0.1) is 0 Å². The first-order valence-corrected chi connectivity index (χ1v) is 11.1. The van der Waals surface area contributed by atoms with Crippen LogP contribution in [0.25, 0.3) is 0 Å². The van der Waals surface area contributed by atoms with Gasteiger partial charge in [-0.25, -0.2) is 0 Å². The van der Waals surface area contributed by atoms with Crippen molar-refractivity contribution < 1.29 is 9.47 Å². The van der Waals surface area contributed by atoms with Gasteiger partial charge in [0.1, 0.15) is 0 Å². The standard InChI is InChI=1S/C14H19Cl9O2/c1-2-3-5-9(8-25-10-6-4-7-24-10)11(15,16)12(17,18)13(19,20)14(21,22)23/h9-10H,2-8H2,1H3. The molecule has 1 heterocycles. The Bertz CT molecular complexity index is 417. The van der Waals surface area contributed by atoms with E-state index in [9.17, 15) is 0 Å². The van der Waals surface area contributed by atoms with Crippen molar-refractivity contribution in [1.82, 2.24) is 0 Å². The quantitative estimate of drug-likeness (QED) is 0.279. The third-order valence-corrected chi connectivity index (χ3v) is 9.64. The summed E-state index contributed by atoms with van der Waals surface area (Å²) in [5.41, 5.74) is 0. The molecule has 2 atom stereocenters. The highest BCUT2D eigenvalue weighted by Gasteiger charge is 2.69. The molecule has 0 aromatic heterocycles. The number of ether oxygens (including phenoxy) is 2. The zero-order valence-corrected chi connectivity index (χ0v) is 20.1. The average Bonchev–Trinajstić information content (AvgIpc) is 2.98. The lowest BCUT2D eigenvalue weighted by Crippen LogP contribution is -2.59. The van der Waals surface area contributed by atoms with Crippen LogP contribution in [0.2, 0.25) is 0 Å². The van der Waals surface area contributed by atoms with Gasteiger partial charge in [0.05, 0.1) is 6.61 Å². The van der Waals surface area contributed by atoms with Crippen molar-refractivity contribution >= 4 is 104 Å². The highest BCUT2D eigenvalue weighted by atomic mass is 35.6. The Morgan fingerprint density at radius 2 is 1.60 bits per heavy atom. The summed E-state index contributed by atoms with van der Waals surface area (Å²) in [6.45, 7) is 2.81. The van der Waals surface area contributed by atoms with E-state index in [1.165, 1.54) is 0 Å². The van der Waals surface area contributed by atoms with Gasteiger partial charge in [0, 0.05) is 18.9 Å². The van der Waals surface area contributed by atoms with E-state index in [0.717, 1.165) is 25.7 Å². The van der Waals surface area contributed by atoms with Crippen LogP contribution in [0.3, 0.4) is 0 Å². The highest BCUT2D eigenvalue weighted by Crippen LogP contribution is 2.64. The van der Waals surface area contributed by atoms with Crippen molar-refractivity contribution in [3.05, 3.63) is 0 Å². The maximum absolute atomic E-state index is 6.54. The maximum atomic E-state index is 6.54. The fraction of sp³-hybridized carbons (Fsp3) is 1.00. The second-order valence-corrected chi connectivity index (χ2v) is 12.2. The number of hydrogen-bond donors (Lipinski definition) is 0. The minimum atomic E-state index is -2.29. The third kappa shape index (κ3) is 6.01. The van der Waals surface area contributed by atoms with E-state index in [-0.39, 0.29) is 12.9 Å². The molecular formula is C14H19Cl9O2. The first kappa shape index (κ1) is 25.6. The Morgan fingerprint density at radius 1 is 1.00 bits per heavy atom. The molecule has 0 aromatic rings. The molecule has 0 aromatic carbocycles. The Kier molecular flexibility index (Phi) is 10.3. The minimum Gasteiger partial charge on any atom is -0.353 e. The van der Waals surface area contributed by atoms with Crippen LogP contribution in [-0.4, -0.2) is 36.3 Å². The third-order valence-electron chi connectivity index (χ3n) is 3.96. The Labute approximate surface area is 193 Å². The molecule has 2 nitrogen and oxygen atoms in total. The fourth-order valence-corrected chi connectivity index (χ4v) is 4.79. The summed E-state index contributed by atoms with van der Waals surface area (Å²) >= 11 is 55.7. The second kappa shape index (κ2) is 10.0. The molecule has 1 aliphatic heterocycles. The van der Waals surface area contributed by atoms with Gasteiger partial charge in [-0.1, -0.05) is 124 Å². The van der Waals surface area contributed by atoms with Gasteiger partial charge >= 0.3 is 0 Å². The Balaban J connectivity index is 3.02. The summed E-state index contributed by atoms with van der Waals surface area (Å²) in [5, 5.41) is 0. The van der Waals surface area contributed by atoms with Gasteiger partial charge in [-0.3, -0.25) is 0 Å². The maximum Gasteiger partial charge on any atom is 0.226 e. The van der Waals surface area contributed by atoms with Crippen molar-refractivity contribution in [2.45, 2.75) is 62.1 Å². The monoisotopic (exact) mass is 534 g/mol. The van der Waals surface area contributed by atoms with E-state index in [1.807, 2.05) is 6.92 Å². The second-order valence-electron chi connectivity index (χ2n) is 5.88. The van der Waals surface area contributed by atoms with E-state index in [4.69, 9.17) is 114 Å². The Hall–Kier alpha value is 2.53. The molecule has 0 N–H and O–H groups in total. The normalized spacial score (nSPS) is 21.6. The van der Waals surface area contributed by atoms with Crippen LogP contribution in [-0.2, 0) is 9.47 Å². The lowest BCUT2D eigenvalue weighted by atomic mass is 9.94. The zero-order chi connectivity index (χ0) is 19.5. The molecular weight excluding hydrogens is 519 g/mol. The first-order chi connectivity index (χ1) is 11.3. The molecule has 150 valence electrons. The van der Waals surface area contributed by atoms with Crippen molar-refractivity contribution in [3.63, 3.8) is 0 Å². The smallest absolute Gasteiger partial charge is 0.226 e. The van der Waals surface area contributed by atoms with Gasteiger partial charge in [-0.2, -0.15) is 0 Å². The number of halogens is 9. The first-order valence-electron chi connectivity index (χ1n) is 7.72. The predicted octanol–water partition coefficient (Wildman–Crippen LogP) is 7.84. The number of unbranched alkanes of at least 4 members (excludes halogenated alkanes) is 1. The van der Waals surface area contributed by atoms with Crippen LogP contribution in [0.1, 0.15) is 39.0 Å². The molecule has 0 radical (unpaired) electrons. The fourth-order valence-electron chi connectivity index (χ4n) is 2.37. The van der Waals surface area contributed by atoms with Crippen LogP contribution in [0.5, 0.6) is 0 Å². The summed E-state index contributed by atoms with van der Waals surface area (Å²) in [6.07, 6.45) is 3.64. The van der Waals surface area contributed by atoms with Crippen LogP contribution >= 0.6 is 104 Å². The van der Waals surface area contributed by atoms with Gasteiger partial charge in [0.15, 0.2) is 19.3 Å². The van der Waals surface area contributed by atoms with Gasteiger partial charge in [0.25, 0.3) is 0 Å². The zero-order valence-electron chi connectivity index (χ0n) is 13.3. The minimum absolute atomic E-state index is 0.141. The van der Waals surface area contributed by atoms with E-state index < -0.39 is 22.7 Å². The van der Waals surface area contributed by atoms with E-state index in [2.05, 4.69) is 0 Å². The molecule has 0 saturated carbocycles. The summed E-state index contributed by atoms with van der Waals surface area (Å²) in [5.74, 6) is -0.529. The number of hydrogen-bond acceptors (Lipinski definition) is 2. The largest absolute Gasteiger partial charge is 0.353 e. The van der Waals surface area contributed by atoms with Crippen molar-refractivity contribution in [1.29, 1.82) is 0 Å².